The Kier molecular flexibility index (Phi) is 7.43. The van der Waals surface area contributed by atoms with Crippen LogP contribution in [0.1, 0.15) is 35.6 Å². The highest BCUT2D eigenvalue weighted by Gasteiger charge is 2.09. The van der Waals surface area contributed by atoms with E-state index in [2.05, 4.69) is 75.0 Å². The molecule has 0 atom stereocenters. The van der Waals surface area contributed by atoms with E-state index < -0.39 is 0 Å². The van der Waals surface area contributed by atoms with Gasteiger partial charge in [0.1, 0.15) is 0 Å². The molecular weight excluding hydrogens is 384 g/mol. The van der Waals surface area contributed by atoms with Crippen LogP contribution in [0.2, 0.25) is 0 Å². The zero-order valence-electron chi connectivity index (χ0n) is 18.6. The van der Waals surface area contributed by atoms with Crippen LogP contribution in [0.3, 0.4) is 0 Å². The second-order valence-electron chi connectivity index (χ2n) is 8.06. The molecule has 31 heavy (non-hydrogen) atoms. The molecule has 0 aliphatic carbocycles. The molecule has 0 fully saturated rings. The van der Waals surface area contributed by atoms with E-state index in [0.29, 0.717) is 18.6 Å². The lowest BCUT2D eigenvalue weighted by Gasteiger charge is -2.14. The molecule has 0 spiro atoms. The highest BCUT2D eigenvalue weighted by Crippen LogP contribution is 2.30. The Morgan fingerprint density at radius 2 is 1.58 bits per heavy atom. The van der Waals surface area contributed by atoms with Crippen LogP contribution >= 0.6 is 0 Å². The van der Waals surface area contributed by atoms with Crippen molar-refractivity contribution in [1.29, 1.82) is 0 Å². The number of aryl methyl sites for hydroxylation is 3. The number of rotatable bonds is 8. The second-order valence-corrected chi connectivity index (χ2v) is 8.06. The Labute approximate surface area is 185 Å². The molecule has 0 amide bonds. The first kappa shape index (κ1) is 22.5. The molecule has 3 aromatic rings. The summed E-state index contributed by atoms with van der Waals surface area (Å²) in [7, 11) is 0. The van der Waals surface area contributed by atoms with Crippen molar-refractivity contribution >= 4 is 5.97 Å². The van der Waals surface area contributed by atoms with E-state index in [1.165, 1.54) is 27.8 Å². The summed E-state index contributed by atoms with van der Waals surface area (Å²) in [4.78, 5) is 11.5. The summed E-state index contributed by atoms with van der Waals surface area (Å²) in [6.45, 7) is 9.79. The van der Waals surface area contributed by atoms with Crippen molar-refractivity contribution in [1.82, 2.24) is 0 Å². The molecule has 0 radical (unpaired) electrons. The fraction of sp³-hybridized carbons (Fsp3) is 0.250. The van der Waals surface area contributed by atoms with E-state index in [4.69, 9.17) is 4.74 Å². The van der Waals surface area contributed by atoms with Gasteiger partial charge in [-0.15, -0.1) is 0 Å². The highest BCUT2D eigenvalue weighted by molar-refractivity contribution is 5.86. The number of esters is 1. The lowest BCUT2D eigenvalue weighted by molar-refractivity contribution is -0.139. The smallest absolute Gasteiger partial charge is 0.333 e. The lowest BCUT2D eigenvalue weighted by Crippen LogP contribution is -2.07. The Morgan fingerprint density at radius 1 is 0.903 bits per heavy atom. The molecule has 160 valence electrons. The minimum absolute atomic E-state index is 0.00743. The van der Waals surface area contributed by atoms with Crippen molar-refractivity contribution in [3.63, 3.8) is 0 Å². The maximum absolute atomic E-state index is 11.5. The van der Waals surface area contributed by atoms with Crippen LogP contribution in [0.25, 0.3) is 22.3 Å². The van der Waals surface area contributed by atoms with E-state index in [1.54, 1.807) is 6.92 Å². The van der Waals surface area contributed by atoms with E-state index >= 15 is 0 Å². The van der Waals surface area contributed by atoms with E-state index in [0.717, 1.165) is 23.1 Å². The standard InChI is InChI=1S/C28H30O3/c1-19(2)28(30)31-15-5-6-23-17-25(11-12-26(23)18-29)27-14-13-24(16-21(27)4)22-9-7-20(3)8-10-22/h7-14,16-17,29H,1,5-6,15,18H2,2-4H3. The summed E-state index contributed by atoms with van der Waals surface area (Å²) < 4.78 is 5.19. The van der Waals surface area contributed by atoms with Gasteiger partial charge in [0.15, 0.2) is 0 Å². The maximum atomic E-state index is 11.5. The van der Waals surface area contributed by atoms with Crippen molar-refractivity contribution in [3.05, 3.63) is 95.1 Å². The molecular formula is C28H30O3. The molecule has 3 heteroatoms. The molecule has 3 rings (SSSR count). The first-order valence-corrected chi connectivity index (χ1v) is 10.6. The number of carbonyl (C=O) groups excluding carboxylic acids is 1. The van der Waals surface area contributed by atoms with Gasteiger partial charge in [0.05, 0.1) is 13.2 Å². The molecule has 0 saturated carbocycles. The third-order valence-electron chi connectivity index (χ3n) is 5.47. The highest BCUT2D eigenvalue weighted by atomic mass is 16.5. The van der Waals surface area contributed by atoms with Crippen LogP contribution < -0.4 is 0 Å². The van der Waals surface area contributed by atoms with Crippen LogP contribution in [0, 0.1) is 13.8 Å². The minimum Gasteiger partial charge on any atom is -0.462 e. The van der Waals surface area contributed by atoms with Crippen LogP contribution in [-0.2, 0) is 22.6 Å². The first-order valence-electron chi connectivity index (χ1n) is 10.6. The normalized spacial score (nSPS) is 10.7. The van der Waals surface area contributed by atoms with Crippen molar-refractivity contribution in [2.75, 3.05) is 6.61 Å². The summed E-state index contributed by atoms with van der Waals surface area (Å²) in [5.74, 6) is -0.361. The molecule has 0 bridgehead atoms. The summed E-state index contributed by atoms with van der Waals surface area (Å²) in [5.41, 5.74) is 9.56. The van der Waals surface area contributed by atoms with Gasteiger partial charge in [0.2, 0.25) is 0 Å². The first-order chi connectivity index (χ1) is 14.9. The lowest BCUT2D eigenvalue weighted by atomic mass is 9.92. The predicted molar refractivity (Wildman–Crippen MR) is 127 cm³/mol. The molecule has 0 unspecified atom stereocenters. The Morgan fingerprint density at radius 3 is 2.23 bits per heavy atom. The van der Waals surface area contributed by atoms with Crippen LogP contribution in [0.5, 0.6) is 0 Å². The number of hydrogen-bond donors (Lipinski definition) is 1. The summed E-state index contributed by atoms with van der Waals surface area (Å²) >= 11 is 0. The average Bonchev–Trinajstić information content (AvgIpc) is 2.76. The topological polar surface area (TPSA) is 46.5 Å². The minimum atomic E-state index is -0.361. The zero-order valence-corrected chi connectivity index (χ0v) is 18.6. The van der Waals surface area contributed by atoms with Gasteiger partial charge in [-0.05, 0) is 72.6 Å². The molecule has 0 heterocycles. The third kappa shape index (κ3) is 5.71. The van der Waals surface area contributed by atoms with E-state index in [-0.39, 0.29) is 12.6 Å². The number of benzene rings is 3. The average molecular weight is 415 g/mol. The van der Waals surface area contributed by atoms with Crippen molar-refractivity contribution in [2.45, 2.75) is 40.2 Å². The largest absolute Gasteiger partial charge is 0.462 e. The van der Waals surface area contributed by atoms with Gasteiger partial charge in [0, 0.05) is 5.57 Å². The zero-order chi connectivity index (χ0) is 22.4. The summed E-state index contributed by atoms with van der Waals surface area (Å²) in [6, 6.07) is 21.3. The Bertz CT molecular complexity index is 1080. The van der Waals surface area contributed by atoms with Gasteiger partial charge < -0.3 is 9.84 Å². The Hall–Kier alpha value is -3.17. The van der Waals surface area contributed by atoms with Gasteiger partial charge in [-0.3, -0.25) is 0 Å². The third-order valence-corrected chi connectivity index (χ3v) is 5.47. The summed E-state index contributed by atoms with van der Waals surface area (Å²) in [5, 5.41) is 9.74. The number of hydrogen-bond acceptors (Lipinski definition) is 3. The molecule has 0 saturated heterocycles. The Balaban J connectivity index is 1.79. The van der Waals surface area contributed by atoms with Gasteiger partial charge in [-0.25, -0.2) is 4.79 Å². The van der Waals surface area contributed by atoms with Crippen molar-refractivity contribution in [3.8, 4) is 22.3 Å². The summed E-state index contributed by atoms with van der Waals surface area (Å²) in [6.07, 6.45) is 1.43. The van der Waals surface area contributed by atoms with Gasteiger partial charge in [-0.2, -0.15) is 0 Å². The van der Waals surface area contributed by atoms with Gasteiger partial charge in [0.25, 0.3) is 0 Å². The van der Waals surface area contributed by atoms with E-state index in [1.807, 2.05) is 6.07 Å². The number of aliphatic hydroxyl groups is 1. The molecule has 0 aromatic heterocycles. The van der Waals surface area contributed by atoms with Crippen molar-refractivity contribution in [2.24, 2.45) is 0 Å². The van der Waals surface area contributed by atoms with Crippen LogP contribution in [-0.4, -0.2) is 17.7 Å². The number of carbonyl (C=O) groups is 1. The van der Waals surface area contributed by atoms with Gasteiger partial charge >= 0.3 is 5.97 Å². The van der Waals surface area contributed by atoms with E-state index in [9.17, 15) is 9.90 Å². The van der Waals surface area contributed by atoms with Crippen LogP contribution in [0.15, 0.2) is 72.8 Å². The molecule has 1 N–H and O–H groups in total. The molecule has 3 nitrogen and oxygen atoms in total. The predicted octanol–water partition coefficient (Wildman–Crippen LogP) is 6.18. The molecule has 0 aliphatic heterocycles. The SMILES string of the molecule is C=C(C)C(=O)OCCCc1cc(-c2ccc(-c3ccc(C)cc3)cc2C)ccc1CO. The van der Waals surface area contributed by atoms with Crippen molar-refractivity contribution < 1.29 is 14.6 Å². The monoisotopic (exact) mass is 414 g/mol. The number of ether oxygens (including phenoxy) is 1. The van der Waals surface area contributed by atoms with Gasteiger partial charge in [-0.1, -0.05) is 72.8 Å². The molecule has 3 aromatic carbocycles. The maximum Gasteiger partial charge on any atom is 0.333 e. The molecule has 0 aliphatic rings. The quantitative estimate of drug-likeness (QED) is 0.272. The second kappa shape index (κ2) is 10.2. The fourth-order valence-electron chi connectivity index (χ4n) is 3.64. The number of aliphatic hydroxyl groups excluding tert-OH is 1. The van der Waals surface area contributed by atoms with Crippen LogP contribution in [0.4, 0.5) is 0 Å². The fourth-order valence-corrected chi connectivity index (χ4v) is 3.64.